The van der Waals surface area contributed by atoms with Crippen LogP contribution in [0.5, 0.6) is 0 Å². The van der Waals surface area contributed by atoms with E-state index in [0.29, 0.717) is 6.54 Å². The molecule has 0 saturated heterocycles. The summed E-state index contributed by atoms with van der Waals surface area (Å²) in [6, 6.07) is 5.81. The van der Waals surface area contributed by atoms with Crippen LogP contribution >= 0.6 is 0 Å². The van der Waals surface area contributed by atoms with E-state index in [1.165, 1.54) is 11.3 Å². The van der Waals surface area contributed by atoms with E-state index in [0.717, 1.165) is 35.0 Å². The van der Waals surface area contributed by atoms with Crippen molar-refractivity contribution in [3.63, 3.8) is 0 Å². The van der Waals surface area contributed by atoms with Gasteiger partial charge in [0.05, 0.1) is 12.1 Å². The maximum absolute atomic E-state index is 11.8. The molecule has 0 amide bonds. The largest absolute Gasteiger partial charge is 0.377 e. The highest BCUT2D eigenvalue weighted by molar-refractivity contribution is 6.16. The van der Waals surface area contributed by atoms with Crippen LogP contribution in [0.4, 0.5) is 5.69 Å². The molecule has 4 rings (SSSR count). The zero-order valence-corrected chi connectivity index (χ0v) is 10.7. The molecule has 2 aromatic rings. The summed E-state index contributed by atoms with van der Waals surface area (Å²) in [4.78, 5) is 16.4. The van der Waals surface area contributed by atoms with Crippen molar-refractivity contribution in [2.24, 2.45) is 0 Å². The minimum Gasteiger partial charge on any atom is -0.377 e. The number of nitrogens with zero attached hydrogens (tertiary/aromatic N) is 1. The molecule has 1 aliphatic heterocycles. The van der Waals surface area contributed by atoms with Crippen molar-refractivity contribution in [3.05, 3.63) is 35.0 Å². The average Bonchev–Trinajstić information content (AvgIpc) is 2.39. The molecular weight excluding hydrogens is 224 g/mol. The van der Waals surface area contributed by atoms with Gasteiger partial charge in [-0.15, -0.1) is 0 Å². The molecule has 2 heterocycles. The van der Waals surface area contributed by atoms with Crippen molar-refractivity contribution < 1.29 is 4.79 Å². The summed E-state index contributed by atoms with van der Waals surface area (Å²) in [5.41, 5.74) is 5.44. The first-order chi connectivity index (χ1) is 8.84. The van der Waals surface area contributed by atoms with Gasteiger partial charge in [0, 0.05) is 22.3 Å². The molecule has 1 aromatic heterocycles. The molecule has 0 unspecified atom stereocenters. The van der Waals surface area contributed by atoms with E-state index in [2.05, 4.69) is 10.3 Å². The Morgan fingerprint density at radius 1 is 1.22 bits per heavy atom. The number of rotatable bonds is 0. The Morgan fingerprint density at radius 3 is 2.78 bits per heavy atom. The van der Waals surface area contributed by atoms with Gasteiger partial charge in [0.1, 0.15) is 0 Å². The Labute approximate surface area is 106 Å². The Bertz CT molecular complexity index is 646. The van der Waals surface area contributed by atoms with Gasteiger partial charge < -0.3 is 5.32 Å². The van der Waals surface area contributed by atoms with Crippen molar-refractivity contribution in [2.45, 2.75) is 26.7 Å². The van der Waals surface area contributed by atoms with E-state index in [4.69, 9.17) is 0 Å². The number of pyridine rings is 1. The second kappa shape index (κ2) is 4.09. The van der Waals surface area contributed by atoms with Crippen LogP contribution < -0.4 is 5.32 Å². The minimum absolute atomic E-state index is 0.166. The van der Waals surface area contributed by atoms with Crippen LogP contribution in [0.3, 0.4) is 0 Å². The molecule has 0 saturated carbocycles. The van der Waals surface area contributed by atoms with Gasteiger partial charge in [-0.05, 0) is 24.5 Å². The number of ketones is 1. The van der Waals surface area contributed by atoms with Crippen molar-refractivity contribution in [2.75, 3.05) is 11.9 Å². The smallest absolute Gasteiger partial charge is 0.182 e. The lowest BCUT2D eigenvalue weighted by atomic mass is 9.87. The van der Waals surface area contributed by atoms with Gasteiger partial charge in [-0.3, -0.25) is 9.78 Å². The van der Waals surface area contributed by atoms with Gasteiger partial charge in [-0.2, -0.15) is 0 Å². The minimum atomic E-state index is 0.166. The predicted octanol–water partition coefficient (Wildman–Crippen LogP) is 2.97. The van der Waals surface area contributed by atoms with E-state index in [1.54, 1.807) is 0 Å². The first kappa shape index (κ1) is 11.2. The summed E-state index contributed by atoms with van der Waals surface area (Å²) in [7, 11) is 0. The van der Waals surface area contributed by atoms with E-state index < -0.39 is 0 Å². The summed E-state index contributed by atoms with van der Waals surface area (Å²) in [5, 5.41) is 4.27. The van der Waals surface area contributed by atoms with Crippen LogP contribution in [0.15, 0.2) is 18.2 Å². The highest BCUT2D eigenvalue weighted by Gasteiger charge is 2.27. The van der Waals surface area contributed by atoms with E-state index in [-0.39, 0.29) is 5.78 Å². The number of hydrogen-bond acceptors (Lipinski definition) is 3. The normalized spacial score (nSPS) is 15.1. The van der Waals surface area contributed by atoms with Gasteiger partial charge in [0.15, 0.2) is 5.78 Å². The monoisotopic (exact) mass is 240 g/mol. The molecule has 0 radical (unpaired) electrons. The number of aromatic nitrogens is 1. The van der Waals surface area contributed by atoms with Crippen LogP contribution in [-0.2, 0) is 12.8 Å². The third-order valence-electron chi connectivity index (χ3n) is 3.54. The van der Waals surface area contributed by atoms with Gasteiger partial charge in [0.25, 0.3) is 0 Å². The fourth-order valence-electron chi connectivity index (χ4n) is 2.64. The van der Waals surface area contributed by atoms with E-state index >= 15 is 0 Å². The molecule has 3 nitrogen and oxygen atoms in total. The first-order valence-corrected chi connectivity index (χ1v) is 6.56. The fourth-order valence-corrected chi connectivity index (χ4v) is 2.64. The third kappa shape index (κ3) is 1.37. The summed E-state index contributed by atoms with van der Waals surface area (Å²) in [6.07, 6.45) is 2.15. The molecule has 1 aliphatic carbocycles. The SMILES string of the molecule is CC.O=C1CNc2c3c(nc4cccc1c24)CC3. The molecule has 0 fully saturated rings. The highest BCUT2D eigenvalue weighted by Crippen LogP contribution is 2.38. The van der Waals surface area contributed by atoms with Crippen LogP contribution in [0, 0.1) is 0 Å². The number of hydrogen-bond donors (Lipinski definition) is 1. The summed E-state index contributed by atoms with van der Waals surface area (Å²) in [5.74, 6) is 0.166. The van der Waals surface area contributed by atoms with E-state index in [9.17, 15) is 4.79 Å². The van der Waals surface area contributed by atoms with Crippen LogP contribution in [0.1, 0.15) is 35.5 Å². The van der Waals surface area contributed by atoms with Crippen molar-refractivity contribution in [1.82, 2.24) is 4.98 Å². The molecule has 3 heteroatoms. The second-order valence-corrected chi connectivity index (χ2v) is 4.39. The number of Topliss-reactive ketones (excluding diaryl/α,β-unsaturated/α-hetero) is 1. The number of aryl methyl sites for hydroxylation is 1. The lowest BCUT2D eigenvalue weighted by Gasteiger charge is -2.27. The average molecular weight is 240 g/mol. The van der Waals surface area contributed by atoms with Gasteiger partial charge in [-0.25, -0.2) is 0 Å². The molecule has 0 spiro atoms. The second-order valence-electron chi connectivity index (χ2n) is 4.39. The topological polar surface area (TPSA) is 42.0 Å². The van der Waals surface area contributed by atoms with Crippen LogP contribution in [-0.4, -0.2) is 17.3 Å². The number of benzene rings is 1. The third-order valence-corrected chi connectivity index (χ3v) is 3.54. The van der Waals surface area contributed by atoms with Gasteiger partial charge in [-0.1, -0.05) is 26.0 Å². The standard InChI is InChI=1S/C13H10N2O.C2H6/c16-11-6-14-13-7-4-5-9(7)15-10-3-1-2-8(11)12(10)13;1-2/h1-3,14H,4-6H2;1-2H3. The number of fused-ring (bicyclic) bond motifs is 2. The molecule has 18 heavy (non-hydrogen) atoms. The summed E-state index contributed by atoms with van der Waals surface area (Å²) in [6.45, 7) is 4.42. The zero-order chi connectivity index (χ0) is 12.7. The molecule has 2 aliphatic rings. The quantitative estimate of drug-likeness (QED) is 0.769. The maximum Gasteiger partial charge on any atom is 0.182 e. The van der Waals surface area contributed by atoms with Crippen LogP contribution in [0.2, 0.25) is 0 Å². The fraction of sp³-hybridized carbons (Fsp3) is 0.333. The molecule has 1 aromatic carbocycles. The predicted molar refractivity (Wildman–Crippen MR) is 73.3 cm³/mol. The summed E-state index contributed by atoms with van der Waals surface area (Å²) < 4.78 is 0. The number of nitrogens with one attached hydrogen (secondary N) is 1. The van der Waals surface area contributed by atoms with E-state index in [1.807, 2.05) is 32.0 Å². The number of anilines is 1. The van der Waals surface area contributed by atoms with Crippen molar-refractivity contribution >= 4 is 22.4 Å². The molecule has 0 bridgehead atoms. The van der Waals surface area contributed by atoms with Gasteiger partial charge >= 0.3 is 0 Å². The molecular formula is C15H16N2O. The Morgan fingerprint density at radius 2 is 2.06 bits per heavy atom. The Hall–Kier alpha value is -1.90. The lowest BCUT2D eigenvalue weighted by Crippen LogP contribution is -2.24. The lowest BCUT2D eigenvalue weighted by molar-refractivity contribution is 0.101. The molecule has 92 valence electrons. The zero-order valence-electron chi connectivity index (χ0n) is 10.7. The molecule has 1 N–H and O–H groups in total. The Kier molecular flexibility index (Phi) is 2.54. The number of carbonyl (C=O) groups excluding carboxylic acids is 1. The van der Waals surface area contributed by atoms with Crippen molar-refractivity contribution in [1.29, 1.82) is 0 Å². The van der Waals surface area contributed by atoms with Gasteiger partial charge in [0.2, 0.25) is 0 Å². The molecule has 0 atom stereocenters. The first-order valence-electron chi connectivity index (χ1n) is 6.56. The summed E-state index contributed by atoms with van der Waals surface area (Å²) >= 11 is 0. The van der Waals surface area contributed by atoms with Crippen LogP contribution in [0.25, 0.3) is 10.9 Å². The highest BCUT2D eigenvalue weighted by atomic mass is 16.1. The maximum atomic E-state index is 11.8. The van der Waals surface area contributed by atoms with Crippen molar-refractivity contribution in [3.8, 4) is 0 Å². The number of carbonyl (C=O) groups is 1. The Balaban J connectivity index is 0.000000478.